The Balaban J connectivity index is 2.05. The Labute approximate surface area is 105 Å². The van der Waals surface area contributed by atoms with Gasteiger partial charge in [0, 0.05) is 17.8 Å². The lowest BCUT2D eigenvalue weighted by Crippen LogP contribution is -2.23. The van der Waals surface area contributed by atoms with Gasteiger partial charge in [0.2, 0.25) is 0 Å². The summed E-state index contributed by atoms with van der Waals surface area (Å²) >= 11 is 4.67. The largest absolute Gasteiger partial charge is 0.300 e. The summed E-state index contributed by atoms with van der Waals surface area (Å²) in [5.41, 5.74) is 0. The number of amides is 1. The van der Waals surface area contributed by atoms with Gasteiger partial charge in [0.1, 0.15) is 6.04 Å². The van der Waals surface area contributed by atoms with E-state index in [1.54, 1.807) is 30.2 Å². The van der Waals surface area contributed by atoms with Crippen LogP contribution in [0.1, 0.15) is 13.0 Å². The van der Waals surface area contributed by atoms with Crippen molar-refractivity contribution in [2.75, 3.05) is 5.32 Å². The smallest absolute Gasteiger partial charge is 0.250 e. The Kier molecular flexibility index (Phi) is 3.35. The highest BCUT2D eigenvalue weighted by Crippen LogP contribution is 2.15. The van der Waals surface area contributed by atoms with Gasteiger partial charge >= 0.3 is 0 Å². The molecule has 0 saturated carbocycles. The Morgan fingerprint density at radius 1 is 1.69 bits per heavy atom. The number of rotatable bonds is 3. The van der Waals surface area contributed by atoms with Crippen molar-refractivity contribution in [1.82, 2.24) is 14.8 Å². The number of hydrogen-bond donors (Lipinski definition) is 1. The second-order valence-electron chi connectivity index (χ2n) is 3.14. The lowest BCUT2D eigenvalue weighted by atomic mass is 10.3. The van der Waals surface area contributed by atoms with Crippen LogP contribution in [0.3, 0.4) is 0 Å². The van der Waals surface area contributed by atoms with Crippen LogP contribution in [-0.2, 0) is 4.79 Å². The maximum atomic E-state index is 11.8. The van der Waals surface area contributed by atoms with E-state index in [1.165, 1.54) is 11.3 Å². The molecule has 2 heterocycles. The first-order valence-electron chi connectivity index (χ1n) is 4.57. The highest BCUT2D eigenvalue weighted by atomic mass is 79.9. The van der Waals surface area contributed by atoms with E-state index in [0.29, 0.717) is 5.13 Å². The molecule has 0 fully saturated rings. The van der Waals surface area contributed by atoms with Crippen molar-refractivity contribution in [1.29, 1.82) is 0 Å². The summed E-state index contributed by atoms with van der Waals surface area (Å²) in [7, 11) is 0. The fourth-order valence-electron chi connectivity index (χ4n) is 1.14. The van der Waals surface area contributed by atoms with Gasteiger partial charge in [-0.2, -0.15) is 5.10 Å². The molecule has 1 amide bonds. The Bertz CT molecular complexity index is 481. The van der Waals surface area contributed by atoms with Crippen LogP contribution in [-0.4, -0.2) is 20.7 Å². The van der Waals surface area contributed by atoms with Crippen molar-refractivity contribution in [3.8, 4) is 0 Å². The van der Waals surface area contributed by atoms with Crippen molar-refractivity contribution in [2.24, 2.45) is 0 Å². The average molecular weight is 301 g/mol. The van der Waals surface area contributed by atoms with Gasteiger partial charge in [-0.3, -0.25) is 9.48 Å². The number of halogens is 1. The average Bonchev–Trinajstić information content (AvgIpc) is 2.88. The first-order valence-corrected chi connectivity index (χ1v) is 6.24. The first kappa shape index (κ1) is 11.3. The van der Waals surface area contributed by atoms with Crippen LogP contribution in [0.15, 0.2) is 28.4 Å². The van der Waals surface area contributed by atoms with Gasteiger partial charge in [0.05, 0.1) is 10.7 Å². The number of nitrogens with one attached hydrogen (secondary N) is 1. The highest BCUT2D eigenvalue weighted by molar-refractivity contribution is 9.10. The topological polar surface area (TPSA) is 59.8 Å². The van der Waals surface area contributed by atoms with Crippen molar-refractivity contribution in [3.63, 3.8) is 0 Å². The quantitative estimate of drug-likeness (QED) is 0.946. The SMILES string of the molecule is CC(C(=O)Nc1nccs1)n1cc(Br)cn1. The minimum Gasteiger partial charge on any atom is -0.300 e. The Hall–Kier alpha value is -1.21. The number of aromatic nitrogens is 3. The number of carbonyl (C=O) groups excluding carboxylic acids is 1. The fourth-order valence-corrected chi connectivity index (χ4v) is 1.97. The zero-order valence-corrected chi connectivity index (χ0v) is 10.8. The predicted molar refractivity (Wildman–Crippen MR) is 65.4 cm³/mol. The van der Waals surface area contributed by atoms with Gasteiger partial charge < -0.3 is 5.32 Å². The van der Waals surface area contributed by atoms with E-state index in [-0.39, 0.29) is 11.9 Å². The molecule has 0 radical (unpaired) electrons. The molecule has 0 aliphatic rings. The number of anilines is 1. The molecule has 0 aliphatic carbocycles. The molecule has 1 unspecified atom stereocenters. The van der Waals surface area contributed by atoms with Crippen molar-refractivity contribution >= 4 is 38.3 Å². The second-order valence-corrected chi connectivity index (χ2v) is 4.95. The van der Waals surface area contributed by atoms with Crippen molar-refractivity contribution in [2.45, 2.75) is 13.0 Å². The van der Waals surface area contributed by atoms with E-state index >= 15 is 0 Å². The van der Waals surface area contributed by atoms with E-state index in [0.717, 1.165) is 4.47 Å². The molecule has 5 nitrogen and oxygen atoms in total. The van der Waals surface area contributed by atoms with Crippen LogP contribution in [0.2, 0.25) is 0 Å². The lowest BCUT2D eigenvalue weighted by Gasteiger charge is -2.10. The first-order chi connectivity index (χ1) is 7.66. The fraction of sp³-hybridized carbons (Fsp3) is 0.222. The van der Waals surface area contributed by atoms with Gasteiger partial charge in [0.15, 0.2) is 5.13 Å². The molecule has 0 spiro atoms. The zero-order valence-electron chi connectivity index (χ0n) is 8.42. The van der Waals surface area contributed by atoms with Crippen LogP contribution in [0.5, 0.6) is 0 Å². The minimum absolute atomic E-state index is 0.134. The summed E-state index contributed by atoms with van der Waals surface area (Å²) in [5.74, 6) is -0.134. The molecule has 2 rings (SSSR count). The number of nitrogens with zero attached hydrogens (tertiary/aromatic N) is 3. The standard InChI is InChI=1S/C9H9BrN4OS/c1-6(14-5-7(10)4-12-14)8(15)13-9-11-2-3-16-9/h2-6H,1H3,(H,11,13,15). The Morgan fingerprint density at radius 3 is 3.06 bits per heavy atom. The maximum Gasteiger partial charge on any atom is 0.250 e. The summed E-state index contributed by atoms with van der Waals surface area (Å²) in [6, 6.07) is -0.366. The molecule has 2 aromatic rings. The van der Waals surface area contributed by atoms with Gasteiger partial charge in [0.25, 0.3) is 5.91 Å². The van der Waals surface area contributed by atoms with E-state index in [4.69, 9.17) is 0 Å². The van der Waals surface area contributed by atoms with Crippen molar-refractivity contribution in [3.05, 3.63) is 28.4 Å². The molecule has 1 N–H and O–H groups in total. The molecule has 0 aromatic carbocycles. The van der Waals surface area contributed by atoms with Gasteiger partial charge in [-0.05, 0) is 22.9 Å². The predicted octanol–water partition coefficient (Wildman–Crippen LogP) is 2.30. The normalized spacial score (nSPS) is 12.4. The van der Waals surface area contributed by atoms with E-state index in [2.05, 4.69) is 31.3 Å². The third-order valence-electron chi connectivity index (χ3n) is 2.01. The molecule has 1 atom stereocenters. The van der Waals surface area contributed by atoms with Gasteiger partial charge in [-0.15, -0.1) is 11.3 Å². The third-order valence-corrected chi connectivity index (χ3v) is 3.11. The van der Waals surface area contributed by atoms with Crippen LogP contribution in [0.4, 0.5) is 5.13 Å². The number of carbonyl (C=O) groups is 1. The van der Waals surface area contributed by atoms with Crippen LogP contribution in [0, 0.1) is 0 Å². The zero-order chi connectivity index (χ0) is 11.5. The summed E-state index contributed by atoms with van der Waals surface area (Å²) < 4.78 is 2.44. The molecular formula is C9H9BrN4OS. The van der Waals surface area contributed by atoms with Crippen LogP contribution >= 0.6 is 27.3 Å². The third kappa shape index (κ3) is 2.48. The molecule has 84 valence electrons. The summed E-state index contributed by atoms with van der Waals surface area (Å²) in [5, 5.41) is 9.19. The van der Waals surface area contributed by atoms with E-state index in [9.17, 15) is 4.79 Å². The van der Waals surface area contributed by atoms with Gasteiger partial charge in [-0.25, -0.2) is 4.98 Å². The van der Waals surface area contributed by atoms with E-state index in [1.807, 2.05) is 5.38 Å². The monoisotopic (exact) mass is 300 g/mol. The van der Waals surface area contributed by atoms with Crippen LogP contribution < -0.4 is 5.32 Å². The molecule has 0 bridgehead atoms. The summed E-state index contributed by atoms with van der Waals surface area (Å²) in [6.45, 7) is 1.78. The maximum absolute atomic E-state index is 11.8. The summed E-state index contributed by atoms with van der Waals surface area (Å²) in [6.07, 6.45) is 5.05. The van der Waals surface area contributed by atoms with Gasteiger partial charge in [-0.1, -0.05) is 0 Å². The highest BCUT2D eigenvalue weighted by Gasteiger charge is 2.16. The molecule has 16 heavy (non-hydrogen) atoms. The minimum atomic E-state index is -0.366. The Morgan fingerprint density at radius 2 is 2.50 bits per heavy atom. The molecule has 2 aromatic heterocycles. The number of thiazole rings is 1. The summed E-state index contributed by atoms with van der Waals surface area (Å²) in [4.78, 5) is 15.8. The van der Waals surface area contributed by atoms with Crippen molar-refractivity contribution < 1.29 is 4.79 Å². The van der Waals surface area contributed by atoms with E-state index < -0.39 is 0 Å². The van der Waals surface area contributed by atoms with Crippen LogP contribution in [0.25, 0.3) is 0 Å². The molecule has 0 saturated heterocycles. The lowest BCUT2D eigenvalue weighted by molar-refractivity contribution is -0.119. The number of hydrogen-bond acceptors (Lipinski definition) is 4. The second kappa shape index (κ2) is 4.75. The molecular weight excluding hydrogens is 292 g/mol. The molecule has 7 heteroatoms. The molecule has 0 aliphatic heterocycles.